The van der Waals surface area contributed by atoms with Crippen molar-refractivity contribution in [3.63, 3.8) is 0 Å². The molecule has 0 aliphatic heterocycles. The second-order valence-corrected chi connectivity index (χ2v) is 4.78. The third kappa shape index (κ3) is 2.00. The first-order valence-electron chi connectivity index (χ1n) is 5.84. The van der Waals surface area contributed by atoms with Crippen molar-refractivity contribution in [3.05, 3.63) is 35.4 Å². The van der Waals surface area contributed by atoms with E-state index < -0.39 is 0 Å². The van der Waals surface area contributed by atoms with Crippen LogP contribution in [0.1, 0.15) is 49.7 Å². The molecule has 1 aromatic rings. The van der Waals surface area contributed by atoms with E-state index in [9.17, 15) is 0 Å². The number of benzene rings is 1. The average molecular weight is 188 g/mol. The summed E-state index contributed by atoms with van der Waals surface area (Å²) in [5.41, 5.74) is 2.93. The predicted molar refractivity (Wildman–Crippen MR) is 61.6 cm³/mol. The van der Waals surface area contributed by atoms with E-state index in [1.54, 1.807) is 5.56 Å². The van der Waals surface area contributed by atoms with Crippen LogP contribution in [0.4, 0.5) is 0 Å². The lowest BCUT2D eigenvalue weighted by atomic mass is 9.76. The quantitative estimate of drug-likeness (QED) is 0.616. The van der Waals surface area contributed by atoms with E-state index in [0.29, 0.717) is 0 Å². The van der Waals surface area contributed by atoms with Crippen molar-refractivity contribution in [1.82, 2.24) is 0 Å². The standard InChI is InChI=1S/C14H20/c1-11-7-9-13(10-8-11)14-6-4-3-5-12(14)2/h7-10,12,14H,3-6H2,1-2H3/t12-,14-/m0/s1. The van der Waals surface area contributed by atoms with E-state index >= 15 is 0 Å². The molecule has 1 fully saturated rings. The molecule has 1 saturated carbocycles. The molecule has 0 saturated heterocycles. The maximum Gasteiger partial charge on any atom is -0.0136 e. The molecule has 0 heteroatoms. The van der Waals surface area contributed by atoms with Gasteiger partial charge in [-0.05, 0) is 30.7 Å². The molecule has 0 spiro atoms. The summed E-state index contributed by atoms with van der Waals surface area (Å²) in [4.78, 5) is 0. The summed E-state index contributed by atoms with van der Waals surface area (Å²) in [6.07, 6.45) is 5.66. The Hall–Kier alpha value is -0.780. The Morgan fingerprint density at radius 2 is 1.64 bits per heavy atom. The molecule has 14 heavy (non-hydrogen) atoms. The van der Waals surface area contributed by atoms with Crippen LogP contribution in [0.3, 0.4) is 0 Å². The molecule has 0 N–H and O–H groups in total. The fraction of sp³-hybridized carbons (Fsp3) is 0.571. The summed E-state index contributed by atoms with van der Waals surface area (Å²) in [7, 11) is 0. The van der Waals surface area contributed by atoms with Gasteiger partial charge in [0.1, 0.15) is 0 Å². The van der Waals surface area contributed by atoms with E-state index in [4.69, 9.17) is 0 Å². The molecule has 0 nitrogen and oxygen atoms in total. The van der Waals surface area contributed by atoms with Gasteiger partial charge in [0.05, 0.1) is 0 Å². The number of hydrogen-bond donors (Lipinski definition) is 0. The van der Waals surface area contributed by atoms with E-state index in [0.717, 1.165) is 11.8 Å². The molecule has 2 atom stereocenters. The highest BCUT2D eigenvalue weighted by Crippen LogP contribution is 2.37. The Morgan fingerprint density at radius 3 is 2.29 bits per heavy atom. The summed E-state index contributed by atoms with van der Waals surface area (Å²) in [6, 6.07) is 9.14. The number of hydrogen-bond acceptors (Lipinski definition) is 0. The van der Waals surface area contributed by atoms with Gasteiger partial charge in [-0.15, -0.1) is 0 Å². The minimum Gasteiger partial charge on any atom is -0.0619 e. The van der Waals surface area contributed by atoms with Crippen LogP contribution in [0.2, 0.25) is 0 Å². The number of rotatable bonds is 1. The highest BCUT2D eigenvalue weighted by atomic mass is 14.3. The molecule has 0 amide bonds. The van der Waals surface area contributed by atoms with Crippen LogP contribution >= 0.6 is 0 Å². The third-order valence-electron chi connectivity index (χ3n) is 3.62. The van der Waals surface area contributed by atoms with Gasteiger partial charge in [0.15, 0.2) is 0 Å². The minimum absolute atomic E-state index is 0.823. The third-order valence-corrected chi connectivity index (χ3v) is 3.62. The second kappa shape index (κ2) is 4.16. The molecular formula is C14H20. The van der Waals surface area contributed by atoms with Crippen molar-refractivity contribution in [3.8, 4) is 0 Å². The molecule has 1 aromatic carbocycles. The molecule has 0 aromatic heterocycles. The maximum absolute atomic E-state index is 2.41. The fourth-order valence-corrected chi connectivity index (χ4v) is 2.63. The van der Waals surface area contributed by atoms with Crippen LogP contribution in [0.15, 0.2) is 24.3 Å². The summed E-state index contributed by atoms with van der Waals surface area (Å²) in [6.45, 7) is 4.57. The van der Waals surface area contributed by atoms with Crippen LogP contribution in [0, 0.1) is 12.8 Å². The largest absolute Gasteiger partial charge is 0.0619 e. The van der Waals surface area contributed by atoms with E-state index in [1.807, 2.05) is 0 Å². The minimum atomic E-state index is 0.823. The van der Waals surface area contributed by atoms with Crippen molar-refractivity contribution in [1.29, 1.82) is 0 Å². The SMILES string of the molecule is Cc1ccc([C@H]2CCCC[C@@H]2C)cc1. The number of aryl methyl sites for hydroxylation is 1. The molecular weight excluding hydrogens is 168 g/mol. The average Bonchev–Trinajstić information content (AvgIpc) is 2.20. The zero-order chi connectivity index (χ0) is 9.97. The molecule has 0 heterocycles. The van der Waals surface area contributed by atoms with E-state index in [1.165, 1.54) is 31.2 Å². The van der Waals surface area contributed by atoms with Gasteiger partial charge in [0.2, 0.25) is 0 Å². The van der Waals surface area contributed by atoms with Crippen LogP contribution in [0.25, 0.3) is 0 Å². The van der Waals surface area contributed by atoms with Crippen molar-refractivity contribution in [2.24, 2.45) is 5.92 Å². The normalized spacial score (nSPS) is 27.6. The fourth-order valence-electron chi connectivity index (χ4n) is 2.63. The van der Waals surface area contributed by atoms with E-state index in [2.05, 4.69) is 38.1 Å². The molecule has 0 bridgehead atoms. The van der Waals surface area contributed by atoms with Gasteiger partial charge < -0.3 is 0 Å². The molecule has 1 aliphatic carbocycles. The van der Waals surface area contributed by atoms with Crippen LogP contribution in [-0.2, 0) is 0 Å². The lowest BCUT2D eigenvalue weighted by Gasteiger charge is -2.29. The first-order chi connectivity index (χ1) is 6.77. The van der Waals surface area contributed by atoms with Gasteiger partial charge in [-0.25, -0.2) is 0 Å². The summed E-state index contributed by atoms with van der Waals surface area (Å²) in [5, 5.41) is 0. The van der Waals surface area contributed by atoms with Crippen LogP contribution in [0.5, 0.6) is 0 Å². The topological polar surface area (TPSA) is 0 Å². The van der Waals surface area contributed by atoms with Gasteiger partial charge in [-0.3, -0.25) is 0 Å². The first-order valence-corrected chi connectivity index (χ1v) is 5.84. The van der Waals surface area contributed by atoms with Crippen LogP contribution < -0.4 is 0 Å². The van der Waals surface area contributed by atoms with Gasteiger partial charge in [0, 0.05) is 0 Å². The van der Waals surface area contributed by atoms with Crippen molar-refractivity contribution in [2.45, 2.75) is 45.4 Å². The molecule has 1 aliphatic rings. The second-order valence-electron chi connectivity index (χ2n) is 4.78. The molecule has 76 valence electrons. The highest BCUT2D eigenvalue weighted by Gasteiger charge is 2.22. The van der Waals surface area contributed by atoms with Gasteiger partial charge >= 0.3 is 0 Å². The van der Waals surface area contributed by atoms with Gasteiger partial charge in [-0.1, -0.05) is 56.0 Å². The lowest BCUT2D eigenvalue weighted by molar-refractivity contribution is 0.330. The van der Waals surface area contributed by atoms with Gasteiger partial charge in [0.25, 0.3) is 0 Å². The van der Waals surface area contributed by atoms with Gasteiger partial charge in [-0.2, -0.15) is 0 Å². The Balaban J connectivity index is 2.16. The van der Waals surface area contributed by atoms with Crippen molar-refractivity contribution < 1.29 is 0 Å². The summed E-state index contributed by atoms with van der Waals surface area (Å²) >= 11 is 0. The van der Waals surface area contributed by atoms with Crippen molar-refractivity contribution in [2.75, 3.05) is 0 Å². The monoisotopic (exact) mass is 188 g/mol. The summed E-state index contributed by atoms with van der Waals surface area (Å²) < 4.78 is 0. The maximum atomic E-state index is 2.41. The summed E-state index contributed by atoms with van der Waals surface area (Å²) in [5.74, 6) is 1.70. The Labute approximate surface area is 87.3 Å². The first kappa shape index (κ1) is 9.76. The molecule has 0 unspecified atom stereocenters. The smallest absolute Gasteiger partial charge is 0.0136 e. The molecule has 0 radical (unpaired) electrons. The Kier molecular flexibility index (Phi) is 2.90. The predicted octanol–water partition coefficient (Wildman–Crippen LogP) is 4.29. The Morgan fingerprint density at radius 1 is 1.00 bits per heavy atom. The zero-order valence-corrected chi connectivity index (χ0v) is 9.29. The van der Waals surface area contributed by atoms with Crippen molar-refractivity contribution >= 4 is 0 Å². The zero-order valence-electron chi connectivity index (χ0n) is 9.29. The highest BCUT2D eigenvalue weighted by molar-refractivity contribution is 5.25. The lowest BCUT2D eigenvalue weighted by Crippen LogP contribution is -2.14. The van der Waals surface area contributed by atoms with E-state index in [-0.39, 0.29) is 0 Å². The Bertz CT molecular complexity index is 283. The molecule has 2 rings (SSSR count). The van der Waals surface area contributed by atoms with Crippen LogP contribution in [-0.4, -0.2) is 0 Å².